The van der Waals surface area contributed by atoms with Gasteiger partial charge in [-0.2, -0.15) is 13.9 Å². The number of aliphatic hydroxyl groups is 1. The highest BCUT2D eigenvalue weighted by Crippen LogP contribution is 2.39. The molecule has 1 aliphatic carbocycles. The molecule has 3 aromatic rings. The number of ether oxygens (including phenoxy) is 2. The molecule has 2 aliphatic rings. The third-order valence-electron chi connectivity index (χ3n) is 7.49. The van der Waals surface area contributed by atoms with Crippen LogP contribution in [0, 0.1) is 0 Å². The van der Waals surface area contributed by atoms with Gasteiger partial charge in [-0.15, -0.1) is 0 Å². The van der Waals surface area contributed by atoms with E-state index in [-0.39, 0.29) is 35.9 Å². The number of rotatable bonds is 8. The second-order valence-electron chi connectivity index (χ2n) is 11.2. The summed E-state index contributed by atoms with van der Waals surface area (Å²) >= 11 is 0. The standard InChI is InChI=1S/C28H33F2N5O5/c1-15(2)40-23-9-20-19(8-21(23)24(31)36)22(12-32-25(20)39-14-17-10-28(29,30)26(37)34-17)16-11-33-35(13-16)18-4-6-27(3,38)7-5-18/h8-9,11-13,15,17-18,38H,4-7,10,14H2,1-3H3,(H2,31,36)(H,34,37)/t17-,18-,27-/m0/s1. The summed E-state index contributed by atoms with van der Waals surface area (Å²) in [7, 11) is 0. The van der Waals surface area contributed by atoms with Crippen molar-refractivity contribution in [3.8, 4) is 22.8 Å². The van der Waals surface area contributed by atoms with E-state index in [1.165, 1.54) is 0 Å². The average molecular weight is 558 g/mol. The first-order valence-corrected chi connectivity index (χ1v) is 13.3. The van der Waals surface area contributed by atoms with E-state index in [1.807, 2.05) is 31.6 Å². The number of hydrogen-bond donors (Lipinski definition) is 3. The quantitative estimate of drug-likeness (QED) is 0.383. The van der Waals surface area contributed by atoms with Crippen LogP contribution in [0.3, 0.4) is 0 Å². The Bertz CT molecular complexity index is 1440. The van der Waals surface area contributed by atoms with E-state index in [2.05, 4.69) is 15.4 Å². The van der Waals surface area contributed by atoms with Crippen LogP contribution in [-0.4, -0.2) is 62.0 Å². The summed E-state index contributed by atoms with van der Waals surface area (Å²) < 4.78 is 41.0. The molecule has 1 saturated heterocycles. The number of carbonyl (C=O) groups is 2. The van der Waals surface area contributed by atoms with Crippen molar-refractivity contribution in [2.24, 2.45) is 5.73 Å². The van der Waals surface area contributed by atoms with Crippen LogP contribution in [0.1, 0.15) is 69.3 Å². The highest BCUT2D eigenvalue weighted by Gasteiger charge is 2.48. The number of primary amides is 1. The number of benzene rings is 1. The molecule has 0 radical (unpaired) electrons. The maximum absolute atomic E-state index is 13.7. The average Bonchev–Trinajstić information content (AvgIpc) is 3.45. The minimum Gasteiger partial charge on any atom is -0.490 e. The molecule has 3 heterocycles. The molecule has 40 heavy (non-hydrogen) atoms. The fourth-order valence-electron chi connectivity index (χ4n) is 5.32. The Hall–Kier alpha value is -3.80. The first-order chi connectivity index (χ1) is 18.8. The molecule has 2 amide bonds. The fourth-order valence-corrected chi connectivity index (χ4v) is 5.32. The highest BCUT2D eigenvalue weighted by molar-refractivity contribution is 6.06. The van der Waals surface area contributed by atoms with Gasteiger partial charge in [0.1, 0.15) is 12.4 Å². The van der Waals surface area contributed by atoms with Gasteiger partial charge in [0.15, 0.2) is 0 Å². The Morgan fingerprint density at radius 1 is 1.25 bits per heavy atom. The van der Waals surface area contributed by atoms with E-state index in [9.17, 15) is 23.5 Å². The highest BCUT2D eigenvalue weighted by atomic mass is 19.3. The predicted octanol–water partition coefficient (Wildman–Crippen LogP) is 3.75. The number of alkyl halides is 2. The van der Waals surface area contributed by atoms with Gasteiger partial charge in [0, 0.05) is 35.3 Å². The van der Waals surface area contributed by atoms with E-state index in [1.54, 1.807) is 24.5 Å². The molecule has 10 nitrogen and oxygen atoms in total. The van der Waals surface area contributed by atoms with Gasteiger partial charge in [0.2, 0.25) is 5.88 Å². The summed E-state index contributed by atoms with van der Waals surface area (Å²) in [5, 5.41) is 18.2. The van der Waals surface area contributed by atoms with Gasteiger partial charge in [-0.25, -0.2) is 4.98 Å². The molecule has 1 aromatic carbocycles. The summed E-state index contributed by atoms with van der Waals surface area (Å²) in [6.45, 7) is 5.25. The Morgan fingerprint density at radius 2 is 1.98 bits per heavy atom. The Labute approximate surface area is 229 Å². The molecule has 12 heteroatoms. The molecule has 0 spiro atoms. The van der Waals surface area contributed by atoms with Crippen LogP contribution in [0.4, 0.5) is 8.78 Å². The molecule has 214 valence electrons. The SMILES string of the molecule is CC(C)Oc1cc2c(OC[C@@H]3CC(F)(F)C(=O)N3)ncc(-c3cnn([C@H]4CC[C@](C)(O)CC4)c3)c2cc1C(N)=O. The zero-order chi connectivity index (χ0) is 28.8. The van der Waals surface area contributed by atoms with Crippen molar-refractivity contribution < 1.29 is 33.0 Å². The van der Waals surface area contributed by atoms with Crippen LogP contribution in [0.15, 0.2) is 30.7 Å². The topological polar surface area (TPSA) is 142 Å². The van der Waals surface area contributed by atoms with E-state index in [0.29, 0.717) is 29.2 Å². The molecular weight excluding hydrogens is 524 g/mol. The number of carbonyl (C=O) groups excluding carboxylic acids is 2. The summed E-state index contributed by atoms with van der Waals surface area (Å²) in [5.74, 6) is -5.08. The Morgan fingerprint density at radius 3 is 2.60 bits per heavy atom. The lowest BCUT2D eigenvalue weighted by Gasteiger charge is -2.33. The lowest BCUT2D eigenvalue weighted by molar-refractivity contribution is -0.139. The van der Waals surface area contributed by atoms with Crippen LogP contribution < -0.4 is 20.5 Å². The molecule has 1 atom stereocenters. The summed E-state index contributed by atoms with van der Waals surface area (Å²) in [4.78, 5) is 28.4. The minimum absolute atomic E-state index is 0.134. The molecule has 0 unspecified atom stereocenters. The largest absolute Gasteiger partial charge is 0.490 e. The first-order valence-electron chi connectivity index (χ1n) is 13.3. The van der Waals surface area contributed by atoms with Crippen molar-refractivity contribution in [3.63, 3.8) is 0 Å². The maximum atomic E-state index is 13.7. The van der Waals surface area contributed by atoms with Crippen LogP contribution in [0.25, 0.3) is 21.9 Å². The van der Waals surface area contributed by atoms with Crippen molar-refractivity contribution in [2.75, 3.05) is 6.61 Å². The fraction of sp³-hybridized carbons (Fsp3) is 0.500. The number of nitrogens with one attached hydrogen (secondary N) is 1. The third-order valence-corrected chi connectivity index (χ3v) is 7.49. The zero-order valence-electron chi connectivity index (χ0n) is 22.6. The molecule has 0 bridgehead atoms. The van der Waals surface area contributed by atoms with Crippen molar-refractivity contribution >= 4 is 22.6 Å². The molecule has 2 fully saturated rings. The molecular formula is C28H33F2N5O5. The van der Waals surface area contributed by atoms with E-state index in [0.717, 1.165) is 18.4 Å². The van der Waals surface area contributed by atoms with E-state index in [4.69, 9.17) is 15.2 Å². The van der Waals surface area contributed by atoms with E-state index < -0.39 is 35.8 Å². The summed E-state index contributed by atoms with van der Waals surface area (Å²) in [6.07, 6.45) is 7.18. The molecule has 1 saturated carbocycles. The number of nitrogens with two attached hydrogens (primary N) is 1. The number of pyridine rings is 1. The van der Waals surface area contributed by atoms with Crippen LogP contribution >= 0.6 is 0 Å². The van der Waals surface area contributed by atoms with Crippen molar-refractivity contribution in [3.05, 3.63) is 36.3 Å². The lowest BCUT2D eigenvalue weighted by Crippen LogP contribution is -2.33. The first kappa shape index (κ1) is 27.8. The number of halogens is 2. The zero-order valence-corrected chi connectivity index (χ0v) is 22.6. The van der Waals surface area contributed by atoms with Gasteiger partial charge in [-0.1, -0.05) is 0 Å². The predicted molar refractivity (Wildman–Crippen MR) is 142 cm³/mol. The van der Waals surface area contributed by atoms with Gasteiger partial charge in [0.25, 0.3) is 11.8 Å². The molecule has 2 aromatic heterocycles. The van der Waals surface area contributed by atoms with Crippen molar-refractivity contribution in [1.82, 2.24) is 20.1 Å². The number of fused-ring (bicyclic) bond motifs is 1. The number of amides is 2. The van der Waals surface area contributed by atoms with Gasteiger partial charge in [-0.05, 0) is 64.0 Å². The second-order valence-corrected chi connectivity index (χ2v) is 11.2. The smallest absolute Gasteiger partial charge is 0.326 e. The summed E-state index contributed by atoms with van der Waals surface area (Å²) in [5.41, 5.74) is 6.61. The molecule has 5 rings (SSSR count). The van der Waals surface area contributed by atoms with Gasteiger partial charge in [0.05, 0.1) is 35.5 Å². The van der Waals surface area contributed by atoms with Crippen LogP contribution in [0.5, 0.6) is 11.6 Å². The Balaban J connectivity index is 1.53. The van der Waals surface area contributed by atoms with Crippen molar-refractivity contribution in [2.45, 2.75) is 82.6 Å². The van der Waals surface area contributed by atoms with Gasteiger partial charge < -0.3 is 25.6 Å². The maximum Gasteiger partial charge on any atom is 0.326 e. The van der Waals surface area contributed by atoms with E-state index >= 15 is 0 Å². The summed E-state index contributed by atoms with van der Waals surface area (Å²) in [6, 6.07) is 2.48. The van der Waals surface area contributed by atoms with Gasteiger partial charge >= 0.3 is 5.92 Å². The van der Waals surface area contributed by atoms with Crippen LogP contribution in [-0.2, 0) is 4.79 Å². The monoisotopic (exact) mass is 557 g/mol. The number of hydrogen-bond acceptors (Lipinski definition) is 7. The van der Waals surface area contributed by atoms with Crippen LogP contribution in [0.2, 0.25) is 0 Å². The third kappa shape index (κ3) is 5.58. The lowest BCUT2D eigenvalue weighted by atomic mass is 9.84. The normalized spacial score (nSPS) is 24.3. The number of nitrogens with zero attached hydrogens (tertiary/aromatic N) is 3. The second kappa shape index (κ2) is 10.3. The van der Waals surface area contributed by atoms with Crippen molar-refractivity contribution in [1.29, 1.82) is 0 Å². The minimum atomic E-state index is -3.45. The number of aromatic nitrogens is 3. The molecule has 4 N–H and O–H groups in total. The Kier molecular flexibility index (Phi) is 7.15. The molecule has 1 aliphatic heterocycles. The van der Waals surface area contributed by atoms with Gasteiger partial charge in [-0.3, -0.25) is 14.3 Å².